The largest absolute Gasteiger partial charge is 0.354 e. The molecule has 1 aromatic carbocycles. The molecule has 9 heteroatoms. The number of rotatable bonds is 7. The normalized spacial score (nSPS) is 14.8. The van der Waals surface area contributed by atoms with E-state index in [2.05, 4.69) is 20.6 Å². The van der Waals surface area contributed by atoms with E-state index < -0.39 is 6.04 Å². The Morgan fingerprint density at radius 3 is 2.64 bits per heavy atom. The summed E-state index contributed by atoms with van der Waals surface area (Å²) in [6.45, 7) is 3.91. The number of benzene rings is 1. The Bertz CT molecular complexity index is 1460. The zero-order valence-corrected chi connectivity index (χ0v) is 20.1. The second-order valence-corrected chi connectivity index (χ2v) is 8.87. The van der Waals surface area contributed by atoms with Crippen molar-refractivity contribution in [3.63, 3.8) is 0 Å². The van der Waals surface area contributed by atoms with Crippen LogP contribution in [0.15, 0.2) is 67.1 Å². The molecule has 1 aliphatic rings. The Hall–Kier alpha value is -4.53. The van der Waals surface area contributed by atoms with E-state index in [1.807, 2.05) is 49.4 Å². The lowest BCUT2D eigenvalue weighted by atomic mass is 10.0. The highest BCUT2D eigenvalue weighted by atomic mass is 16.2. The molecular weight excluding hydrogens is 456 g/mol. The van der Waals surface area contributed by atoms with Gasteiger partial charge in [-0.25, -0.2) is 4.98 Å². The number of aryl methyl sites for hydroxylation is 1. The molecule has 9 nitrogen and oxygen atoms in total. The van der Waals surface area contributed by atoms with Crippen molar-refractivity contribution in [2.45, 2.75) is 32.9 Å². The van der Waals surface area contributed by atoms with Gasteiger partial charge in [-0.3, -0.25) is 19.4 Å². The van der Waals surface area contributed by atoms with Gasteiger partial charge in [-0.15, -0.1) is 0 Å². The van der Waals surface area contributed by atoms with Crippen molar-refractivity contribution in [3.05, 3.63) is 78.4 Å². The summed E-state index contributed by atoms with van der Waals surface area (Å²) in [4.78, 5) is 48.3. The number of pyridine rings is 2. The Labute approximate surface area is 208 Å². The van der Waals surface area contributed by atoms with Crippen LogP contribution >= 0.6 is 0 Å². The molecule has 1 atom stereocenters. The van der Waals surface area contributed by atoms with Gasteiger partial charge in [0.15, 0.2) is 5.78 Å². The van der Waals surface area contributed by atoms with Crippen molar-refractivity contribution in [1.29, 1.82) is 0 Å². The van der Waals surface area contributed by atoms with Crippen LogP contribution in [0.4, 0.5) is 17.2 Å². The van der Waals surface area contributed by atoms with Crippen LogP contribution in [-0.2, 0) is 16.1 Å². The lowest BCUT2D eigenvalue weighted by Gasteiger charge is -2.39. The summed E-state index contributed by atoms with van der Waals surface area (Å²) in [5.41, 5.74) is 3.76. The van der Waals surface area contributed by atoms with Crippen molar-refractivity contribution >= 4 is 45.7 Å². The number of carbonyl (C=O) groups is 3. The van der Waals surface area contributed by atoms with Gasteiger partial charge in [0.1, 0.15) is 18.4 Å². The Morgan fingerprint density at radius 1 is 1.08 bits per heavy atom. The van der Waals surface area contributed by atoms with Gasteiger partial charge in [0, 0.05) is 46.8 Å². The molecule has 0 aliphatic carbocycles. The van der Waals surface area contributed by atoms with Gasteiger partial charge in [-0.1, -0.05) is 6.07 Å². The summed E-state index contributed by atoms with van der Waals surface area (Å²) in [5, 5.41) is 6.84. The van der Waals surface area contributed by atoms with Gasteiger partial charge in [-0.05, 0) is 62.7 Å². The summed E-state index contributed by atoms with van der Waals surface area (Å²) in [7, 11) is 0. The summed E-state index contributed by atoms with van der Waals surface area (Å²) in [6.07, 6.45) is 5.72. The fraction of sp³-hybridized carbons (Fsp3) is 0.222. The third kappa shape index (κ3) is 4.68. The number of aromatic nitrogens is 3. The zero-order chi connectivity index (χ0) is 25.2. The van der Waals surface area contributed by atoms with E-state index in [0.717, 1.165) is 28.0 Å². The van der Waals surface area contributed by atoms with Crippen molar-refractivity contribution in [2.75, 3.05) is 17.2 Å². The van der Waals surface area contributed by atoms with Crippen LogP contribution in [-0.4, -0.2) is 49.6 Å². The first-order chi connectivity index (χ1) is 17.4. The van der Waals surface area contributed by atoms with E-state index in [1.165, 1.54) is 6.92 Å². The van der Waals surface area contributed by atoms with Crippen molar-refractivity contribution in [2.24, 2.45) is 0 Å². The first-order valence-corrected chi connectivity index (χ1v) is 11.7. The van der Waals surface area contributed by atoms with Gasteiger partial charge in [0.25, 0.3) is 0 Å². The highest BCUT2D eigenvalue weighted by Gasteiger charge is 2.37. The van der Waals surface area contributed by atoms with Crippen LogP contribution in [0.25, 0.3) is 10.9 Å². The first kappa shape index (κ1) is 23.2. The molecule has 36 heavy (non-hydrogen) atoms. The van der Waals surface area contributed by atoms with Crippen LogP contribution in [0, 0.1) is 6.92 Å². The van der Waals surface area contributed by atoms with E-state index in [9.17, 15) is 14.4 Å². The molecule has 3 aromatic heterocycles. The fourth-order valence-electron chi connectivity index (χ4n) is 4.41. The number of nitrogens with zero attached hydrogens (tertiary/aromatic N) is 4. The molecule has 0 saturated carbocycles. The SMILES string of the molecule is CC(=O)c1cn(CC(=O)N2CCC2C(=O)Nc2cccc(C)n2)c2ccc(Nc3cccnc3)cc12. The summed E-state index contributed by atoms with van der Waals surface area (Å²) < 4.78 is 1.78. The van der Waals surface area contributed by atoms with E-state index in [0.29, 0.717) is 24.3 Å². The standard InChI is InChI=1S/C27H26N6O3/c1-17-5-3-7-25(29-17)31-27(36)24-10-12-33(24)26(35)16-32-15-22(18(2)34)21-13-19(8-9-23(21)32)30-20-6-4-11-28-14-20/h3-9,11,13-15,24,30H,10,12,16H2,1-2H3,(H,29,31,36). The topological polar surface area (TPSA) is 109 Å². The second kappa shape index (κ2) is 9.61. The Morgan fingerprint density at radius 2 is 1.94 bits per heavy atom. The van der Waals surface area contributed by atoms with Crippen LogP contribution < -0.4 is 10.6 Å². The maximum atomic E-state index is 13.2. The monoisotopic (exact) mass is 482 g/mol. The average Bonchev–Trinajstić information content (AvgIpc) is 3.16. The molecule has 0 spiro atoms. The molecule has 0 radical (unpaired) electrons. The fourth-order valence-corrected chi connectivity index (χ4v) is 4.41. The second-order valence-electron chi connectivity index (χ2n) is 8.87. The molecule has 1 aliphatic heterocycles. The average molecular weight is 483 g/mol. The zero-order valence-electron chi connectivity index (χ0n) is 20.1. The minimum Gasteiger partial charge on any atom is -0.354 e. The summed E-state index contributed by atoms with van der Waals surface area (Å²) in [6, 6.07) is 14.3. The molecule has 5 rings (SSSR count). The molecule has 2 N–H and O–H groups in total. The molecule has 4 heterocycles. The van der Waals surface area contributed by atoms with Gasteiger partial charge in [0.2, 0.25) is 11.8 Å². The molecular formula is C27H26N6O3. The minimum absolute atomic E-state index is 0.0334. The maximum Gasteiger partial charge on any atom is 0.248 e. The molecule has 4 aromatic rings. The van der Waals surface area contributed by atoms with Crippen LogP contribution in [0.5, 0.6) is 0 Å². The summed E-state index contributed by atoms with van der Waals surface area (Å²) >= 11 is 0. The number of carbonyl (C=O) groups excluding carboxylic acids is 3. The molecule has 1 saturated heterocycles. The number of Topliss-reactive ketones (excluding diaryl/α,β-unsaturated/α-hetero) is 1. The third-order valence-electron chi connectivity index (χ3n) is 6.30. The third-order valence-corrected chi connectivity index (χ3v) is 6.30. The molecule has 1 unspecified atom stereocenters. The van der Waals surface area contributed by atoms with Gasteiger partial charge < -0.3 is 20.1 Å². The lowest BCUT2D eigenvalue weighted by molar-refractivity contribution is -0.145. The number of anilines is 3. The Kier molecular flexibility index (Phi) is 6.20. The van der Waals surface area contributed by atoms with E-state index in [-0.39, 0.29) is 24.1 Å². The highest BCUT2D eigenvalue weighted by molar-refractivity contribution is 6.08. The lowest BCUT2D eigenvalue weighted by Crippen LogP contribution is -2.57. The number of fused-ring (bicyclic) bond motifs is 1. The minimum atomic E-state index is -0.538. The maximum absolute atomic E-state index is 13.2. The van der Waals surface area contributed by atoms with Crippen molar-refractivity contribution in [1.82, 2.24) is 19.4 Å². The molecule has 182 valence electrons. The summed E-state index contributed by atoms with van der Waals surface area (Å²) in [5.74, 6) is -0.0436. The van der Waals surface area contributed by atoms with E-state index in [1.54, 1.807) is 34.1 Å². The predicted molar refractivity (Wildman–Crippen MR) is 137 cm³/mol. The first-order valence-electron chi connectivity index (χ1n) is 11.7. The van der Waals surface area contributed by atoms with E-state index in [4.69, 9.17) is 0 Å². The van der Waals surface area contributed by atoms with Crippen molar-refractivity contribution < 1.29 is 14.4 Å². The van der Waals surface area contributed by atoms with E-state index >= 15 is 0 Å². The Balaban J connectivity index is 1.33. The molecule has 1 fully saturated rings. The molecule has 2 amide bonds. The number of amides is 2. The van der Waals surface area contributed by atoms with Crippen LogP contribution in [0.3, 0.4) is 0 Å². The molecule has 0 bridgehead atoms. The highest BCUT2D eigenvalue weighted by Crippen LogP contribution is 2.28. The number of hydrogen-bond donors (Lipinski definition) is 2. The quantitative estimate of drug-likeness (QED) is 0.387. The van der Waals surface area contributed by atoms with Crippen molar-refractivity contribution in [3.8, 4) is 0 Å². The van der Waals surface area contributed by atoms with Crippen LogP contribution in [0.1, 0.15) is 29.4 Å². The van der Waals surface area contributed by atoms with Crippen LogP contribution in [0.2, 0.25) is 0 Å². The number of hydrogen-bond acceptors (Lipinski definition) is 6. The van der Waals surface area contributed by atoms with Gasteiger partial charge in [0.05, 0.1) is 11.9 Å². The smallest absolute Gasteiger partial charge is 0.248 e. The van der Waals surface area contributed by atoms with Gasteiger partial charge in [-0.2, -0.15) is 0 Å². The number of ketones is 1. The van der Waals surface area contributed by atoms with Gasteiger partial charge >= 0.3 is 0 Å². The predicted octanol–water partition coefficient (Wildman–Crippen LogP) is 3.93. The number of nitrogens with one attached hydrogen (secondary N) is 2. The number of likely N-dealkylation sites (tertiary alicyclic amines) is 1.